The van der Waals surface area contributed by atoms with E-state index in [9.17, 15) is 4.79 Å². The molecule has 6 heteroatoms. The van der Waals surface area contributed by atoms with E-state index >= 15 is 0 Å². The van der Waals surface area contributed by atoms with Gasteiger partial charge in [0.2, 0.25) is 0 Å². The van der Waals surface area contributed by atoms with Crippen LogP contribution in [0.15, 0.2) is 16.8 Å². The summed E-state index contributed by atoms with van der Waals surface area (Å²) >= 11 is 1.70. The van der Waals surface area contributed by atoms with E-state index in [4.69, 9.17) is 9.47 Å². The highest BCUT2D eigenvalue weighted by molar-refractivity contribution is 7.07. The molecule has 1 atom stereocenters. The van der Waals surface area contributed by atoms with Gasteiger partial charge in [-0.15, -0.1) is 0 Å². The van der Waals surface area contributed by atoms with Crippen LogP contribution in [0, 0.1) is 5.92 Å². The smallest absolute Gasteiger partial charge is 0.317 e. The van der Waals surface area contributed by atoms with Crippen LogP contribution >= 0.6 is 11.3 Å². The van der Waals surface area contributed by atoms with Crippen molar-refractivity contribution in [2.45, 2.75) is 38.4 Å². The maximum absolute atomic E-state index is 12.3. The Labute approximate surface area is 142 Å². The zero-order valence-corrected chi connectivity index (χ0v) is 14.7. The maximum Gasteiger partial charge on any atom is 0.317 e. The molecule has 1 N–H and O–H groups in total. The second kappa shape index (κ2) is 7.20. The number of nitrogens with one attached hydrogen (secondary N) is 1. The fraction of sp³-hybridized carbons (Fsp3) is 0.706. The van der Waals surface area contributed by atoms with Gasteiger partial charge < -0.3 is 19.7 Å². The van der Waals surface area contributed by atoms with Crippen molar-refractivity contribution >= 4 is 17.4 Å². The SMILES string of the molecule is C[C@H](CNC(=O)N1CCC(C2(C)OCCO2)CC1)c1ccsc1. The summed E-state index contributed by atoms with van der Waals surface area (Å²) in [6.07, 6.45) is 1.87. The highest BCUT2D eigenvalue weighted by Gasteiger charge is 2.41. The summed E-state index contributed by atoms with van der Waals surface area (Å²) in [4.78, 5) is 14.2. The summed E-state index contributed by atoms with van der Waals surface area (Å²) in [5.41, 5.74) is 1.29. The number of carbonyl (C=O) groups is 1. The van der Waals surface area contributed by atoms with Gasteiger partial charge in [0.25, 0.3) is 0 Å². The highest BCUT2D eigenvalue weighted by Crippen LogP contribution is 2.34. The lowest BCUT2D eigenvalue weighted by molar-refractivity contribution is -0.189. The van der Waals surface area contributed by atoms with E-state index in [0.29, 0.717) is 31.6 Å². The molecule has 0 aromatic carbocycles. The number of nitrogens with zero attached hydrogens (tertiary/aromatic N) is 1. The Morgan fingerprint density at radius 2 is 2.13 bits per heavy atom. The number of likely N-dealkylation sites (tertiary alicyclic amines) is 1. The van der Waals surface area contributed by atoms with Crippen LogP contribution in [0.3, 0.4) is 0 Å². The number of urea groups is 1. The quantitative estimate of drug-likeness (QED) is 0.918. The molecule has 2 aliphatic heterocycles. The summed E-state index contributed by atoms with van der Waals surface area (Å²) in [6.45, 7) is 7.75. The third-order valence-corrected chi connectivity index (χ3v) is 5.76. The van der Waals surface area contributed by atoms with E-state index in [2.05, 4.69) is 29.1 Å². The minimum atomic E-state index is -0.448. The van der Waals surface area contributed by atoms with Crippen LogP contribution in [0.1, 0.15) is 38.2 Å². The number of piperidine rings is 1. The van der Waals surface area contributed by atoms with Crippen LogP contribution in [0.4, 0.5) is 4.79 Å². The minimum absolute atomic E-state index is 0.0453. The van der Waals surface area contributed by atoms with E-state index < -0.39 is 5.79 Å². The highest BCUT2D eigenvalue weighted by atomic mass is 32.1. The van der Waals surface area contributed by atoms with Crippen molar-refractivity contribution in [1.29, 1.82) is 0 Å². The number of carbonyl (C=O) groups excluding carboxylic acids is 1. The molecule has 128 valence electrons. The maximum atomic E-state index is 12.3. The predicted octanol–water partition coefficient (Wildman–Crippen LogP) is 3.04. The molecule has 1 aromatic heterocycles. The Hall–Kier alpha value is -1.11. The lowest BCUT2D eigenvalue weighted by Crippen LogP contribution is -2.49. The average molecular weight is 338 g/mol. The third kappa shape index (κ3) is 3.87. The van der Waals surface area contributed by atoms with Gasteiger partial charge in [0.15, 0.2) is 5.79 Å². The summed E-state index contributed by atoms with van der Waals surface area (Å²) in [5.74, 6) is 0.275. The Morgan fingerprint density at radius 1 is 1.43 bits per heavy atom. The summed E-state index contributed by atoms with van der Waals surface area (Å²) < 4.78 is 11.5. The van der Waals surface area contributed by atoms with Crippen LogP contribution in [0.2, 0.25) is 0 Å². The van der Waals surface area contributed by atoms with Crippen molar-refractivity contribution in [1.82, 2.24) is 10.2 Å². The molecular weight excluding hydrogens is 312 g/mol. The molecule has 1 aromatic rings. The Kier molecular flexibility index (Phi) is 5.24. The molecule has 2 fully saturated rings. The standard InChI is InChI=1S/C17H26N2O3S/c1-13(14-5-10-23-12-14)11-18-16(20)19-6-3-15(4-7-19)17(2)21-8-9-22-17/h5,10,12-13,15H,3-4,6-9,11H2,1-2H3,(H,18,20)/t13-/m1/s1. The number of rotatable bonds is 4. The fourth-order valence-corrected chi connectivity index (χ4v) is 4.18. The van der Waals surface area contributed by atoms with Crippen molar-refractivity contribution in [3.05, 3.63) is 22.4 Å². The van der Waals surface area contributed by atoms with Crippen LogP contribution in [0.25, 0.3) is 0 Å². The molecule has 0 unspecified atom stereocenters. The van der Waals surface area contributed by atoms with Gasteiger partial charge in [-0.25, -0.2) is 4.79 Å². The zero-order chi connectivity index (χ0) is 16.3. The van der Waals surface area contributed by atoms with E-state index in [1.165, 1.54) is 5.56 Å². The van der Waals surface area contributed by atoms with Gasteiger partial charge in [0.05, 0.1) is 13.2 Å². The van der Waals surface area contributed by atoms with Gasteiger partial charge in [0, 0.05) is 25.6 Å². The van der Waals surface area contributed by atoms with Crippen molar-refractivity contribution in [2.24, 2.45) is 5.92 Å². The second-order valence-corrected chi connectivity index (χ2v) is 7.40. The molecule has 3 heterocycles. The van der Waals surface area contributed by atoms with Gasteiger partial charge in [-0.3, -0.25) is 0 Å². The first-order valence-electron chi connectivity index (χ1n) is 8.41. The van der Waals surface area contributed by atoms with Crippen LogP contribution in [-0.4, -0.2) is 49.6 Å². The third-order valence-electron chi connectivity index (χ3n) is 5.06. The van der Waals surface area contributed by atoms with Crippen molar-refractivity contribution in [2.75, 3.05) is 32.8 Å². The van der Waals surface area contributed by atoms with Crippen LogP contribution in [0.5, 0.6) is 0 Å². The first-order chi connectivity index (χ1) is 11.1. The van der Waals surface area contributed by atoms with Gasteiger partial charge in [-0.1, -0.05) is 6.92 Å². The first-order valence-corrected chi connectivity index (χ1v) is 9.35. The Morgan fingerprint density at radius 3 is 2.74 bits per heavy atom. The molecule has 0 spiro atoms. The largest absolute Gasteiger partial charge is 0.348 e. The Balaban J connectivity index is 1.43. The van der Waals surface area contributed by atoms with Gasteiger partial charge >= 0.3 is 6.03 Å². The molecule has 0 aliphatic carbocycles. The molecule has 5 nitrogen and oxygen atoms in total. The van der Waals surface area contributed by atoms with E-state index in [-0.39, 0.29) is 6.03 Å². The molecule has 0 bridgehead atoms. The van der Waals surface area contributed by atoms with Gasteiger partial charge in [0.1, 0.15) is 0 Å². The van der Waals surface area contributed by atoms with Gasteiger partial charge in [-0.05, 0) is 48.1 Å². The van der Waals surface area contributed by atoms with Crippen molar-refractivity contribution < 1.29 is 14.3 Å². The molecule has 0 saturated carbocycles. The summed E-state index contributed by atoms with van der Waals surface area (Å²) in [7, 11) is 0. The summed E-state index contributed by atoms with van der Waals surface area (Å²) in [6, 6.07) is 2.17. The van der Waals surface area contributed by atoms with Crippen LogP contribution in [-0.2, 0) is 9.47 Å². The first kappa shape index (κ1) is 16.7. The number of hydrogen-bond donors (Lipinski definition) is 1. The number of amides is 2. The lowest BCUT2D eigenvalue weighted by atomic mass is 9.89. The van der Waals surface area contributed by atoms with Crippen molar-refractivity contribution in [3.8, 4) is 0 Å². The topological polar surface area (TPSA) is 50.8 Å². The average Bonchev–Trinajstić information content (AvgIpc) is 3.25. The molecule has 0 radical (unpaired) electrons. The molecule has 3 rings (SSSR count). The van der Waals surface area contributed by atoms with E-state index in [1.54, 1.807) is 11.3 Å². The predicted molar refractivity (Wildman–Crippen MR) is 90.7 cm³/mol. The van der Waals surface area contributed by atoms with E-state index in [0.717, 1.165) is 25.9 Å². The fourth-order valence-electron chi connectivity index (χ4n) is 3.40. The Bertz CT molecular complexity index is 506. The number of thiophene rings is 1. The summed E-state index contributed by atoms with van der Waals surface area (Å²) in [5, 5.41) is 7.28. The number of hydrogen-bond acceptors (Lipinski definition) is 4. The normalized spacial score (nSPS) is 23.0. The minimum Gasteiger partial charge on any atom is -0.348 e. The molecule has 2 aliphatic rings. The van der Waals surface area contributed by atoms with Crippen molar-refractivity contribution in [3.63, 3.8) is 0 Å². The van der Waals surface area contributed by atoms with Crippen LogP contribution < -0.4 is 5.32 Å². The number of ether oxygens (including phenoxy) is 2. The molecule has 2 saturated heterocycles. The molecule has 2 amide bonds. The zero-order valence-electron chi connectivity index (χ0n) is 13.9. The monoisotopic (exact) mass is 338 g/mol. The molecular formula is C17H26N2O3S. The molecule has 23 heavy (non-hydrogen) atoms. The second-order valence-electron chi connectivity index (χ2n) is 6.62. The lowest BCUT2D eigenvalue weighted by Gasteiger charge is -2.39. The van der Waals surface area contributed by atoms with E-state index in [1.807, 2.05) is 11.8 Å². The van der Waals surface area contributed by atoms with Gasteiger partial charge in [-0.2, -0.15) is 11.3 Å².